The second-order valence-electron chi connectivity index (χ2n) is 11.8. The van der Waals surface area contributed by atoms with Gasteiger partial charge in [0.25, 0.3) is 5.91 Å². The zero-order chi connectivity index (χ0) is 31.0. The highest BCUT2D eigenvalue weighted by Crippen LogP contribution is 2.45. The van der Waals surface area contributed by atoms with Gasteiger partial charge in [0, 0.05) is 19.5 Å². The fourth-order valence-corrected chi connectivity index (χ4v) is 6.53. The van der Waals surface area contributed by atoms with Crippen LogP contribution in [-0.4, -0.2) is 46.0 Å². The minimum Gasteiger partial charge on any atom is -0.365 e. The van der Waals surface area contributed by atoms with E-state index in [1.807, 2.05) is 103 Å². The molecule has 1 fully saturated rings. The first-order chi connectivity index (χ1) is 21.8. The van der Waals surface area contributed by atoms with Crippen LogP contribution in [0, 0.1) is 0 Å². The Morgan fingerprint density at radius 2 is 1.47 bits per heavy atom. The summed E-state index contributed by atoms with van der Waals surface area (Å²) in [6.07, 6.45) is -2.56. The maximum absolute atomic E-state index is 14.3. The number of likely N-dealkylation sites (tertiary alicyclic amines) is 1. The van der Waals surface area contributed by atoms with E-state index in [9.17, 15) is 18.0 Å². The number of nitrogens with zero attached hydrogens (tertiary/aromatic N) is 3. The van der Waals surface area contributed by atoms with Crippen LogP contribution in [0.15, 0.2) is 109 Å². The molecule has 2 aliphatic rings. The number of amides is 1. The molecule has 45 heavy (non-hydrogen) atoms. The van der Waals surface area contributed by atoms with Crippen molar-refractivity contribution in [1.82, 2.24) is 14.7 Å². The van der Waals surface area contributed by atoms with Crippen LogP contribution in [0.2, 0.25) is 0 Å². The quantitative estimate of drug-likeness (QED) is 0.211. The summed E-state index contributed by atoms with van der Waals surface area (Å²) in [7, 11) is 0. The fourth-order valence-electron chi connectivity index (χ4n) is 6.53. The molecule has 4 aromatic carbocycles. The molecule has 9 heteroatoms. The molecular weight excluding hydrogens is 577 g/mol. The average Bonchev–Trinajstić information content (AvgIpc) is 3.51. The molecule has 0 bridgehead atoms. The first-order valence-corrected chi connectivity index (χ1v) is 15.3. The molecule has 2 unspecified atom stereocenters. The van der Waals surface area contributed by atoms with Gasteiger partial charge in [-0.3, -0.25) is 4.79 Å². The standard InChI is InChI=1S/C36H33F3N4O2/c37-36(38,39)32-22-31(28-16-15-24-9-7-8-14-27(24)21-28)41-34-30(23-40-43(32)34)35(44)42-19-17-29(18-20-42)45-33(25-10-3-1-4-11-25)26-12-5-2-6-13-26/h1-16,21,23,29,31-33,41H,17-20,22H2. The average molecular weight is 611 g/mol. The van der Waals surface area contributed by atoms with Crippen LogP contribution in [0.25, 0.3) is 10.8 Å². The number of benzene rings is 4. The number of alkyl halides is 3. The number of hydrogen-bond acceptors (Lipinski definition) is 4. The number of carbonyl (C=O) groups is 1. The monoisotopic (exact) mass is 610 g/mol. The van der Waals surface area contributed by atoms with Crippen molar-refractivity contribution in [3.8, 4) is 0 Å². The SMILES string of the molecule is O=C(c1cnn2c1NC(c1ccc3ccccc3c1)CC2C(F)(F)F)N1CCC(OC(c2ccccc2)c2ccccc2)CC1. The van der Waals surface area contributed by atoms with Crippen LogP contribution in [0.5, 0.6) is 0 Å². The molecule has 0 spiro atoms. The molecule has 7 rings (SSSR count). The van der Waals surface area contributed by atoms with Gasteiger partial charge >= 0.3 is 6.18 Å². The molecular formula is C36H33F3N4O2. The largest absolute Gasteiger partial charge is 0.410 e. The molecule has 6 nitrogen and oxygen atoms in total. The van der Waals surface area contributed by atoms with Crippen LogP contribution >= 0.6 is 0 Å². The number of fused-ring (bicyclic) bond motifs is 2. The van der Waals surface area contributed by atoms with Crippen LogP contribution in [0.4, 0.5) is 19.0 Å². The van der Waals surface area contributed by atoms with Crippen molar-refractivity contribution in [2.24, 2.45) is 0 Å². The van der Waals surface area contributed by atoms with Gasteiger partial charge in [0.2, 0.25) is 0 Å². The van der Waals surface area contributed by atoms with Crippen molar-refractivity contribution in [3.63, 3.8) is 0 Å². The van der Waals surface area contributed by atoms with Crippen molar-refractivity contribution < 1.29 is 22.7 Å². The number of anilines is 1. The van der Waals surface area contributed by atoms with Gasteiger partial charge in [0.1, 0.15) is 17.5 Å². The van der Waals surface area contributed by atoms with Gasteiger partial charge in [-0.15, -0.1) is 0 Å². The van der Waals surface area contributed by atoms with E-state index in [4.69, 9.17) is 4.74 Å². The van der Waals surface area contributed by atoms with Gasteiger partial charge in [-0.2, -0.15) is 18.3 Å². The smallest absolute Gasteiger partial charge is 0.365 e. The summed E-state index contributed by atoms with van der Waals surface area (Å²) < 4.78 is 50.5. The van der Waals surface area contributed by atoms with Crippen molar-refractivity contribution in [2.75, 3.05) is 18.4 Å². The van der Waals surface area contributed by atoms with Crippen LogP contribution in [0.3, 0.4) is 0 Å². The number of aromatic nitrogens is 2. The van der Waals surface area contributed by atoms with E-state index in [-0.39, 0.29) is 35.9 Å². The maximum Gasteiger partial charge on any atom is 0.410 e. The van der Waals surface area contributed by atoms with Crippen LogP contribution in [0.1, 0.15) is 64.5 Å². The van der Waals surface area contributed by atoms with E-state index in [0.717, 1.165) is 32.1 Å². The van der Waals surface area contributed by atoms with Gasteiger partial charge in [0.05, 0.1) is 18.3 Å². The minimum atomic E-state index is -4.53. The first kappa shape index (κ1) is 29.1. The first-order valence-electron chi connectivity index (χ1n) is 15.3. The lowest BCUT2D eigenvalue weighted by atomic mass is 9.94. The molecule has 1 N–H and O–H groups in total. The highest BCUT2D eigenvalue weighted by Gasteiger charge is 2.47. The Kier molecular flexibility index (Phi) is 7.79. The minimum absolute atomic E-state index is 0.0782. The number of nitrogens with one attached hydrogen (secondary N) is 1. The summed E-state index contributed by atoms with van der Waals surface area (Å²) in [5.41, 5.74) is 3.00. The summed E-state index contributed by atoms with van der Waals surface area (Å²) >= 11 is 0. The molecule has 0 saturated carbocycles. The maximum atomic E-state index is 14.3. The van der Waals surface area contributed by atoms with Gasteiger partial charge in [-0.05, 0) is 46.4 Å². The van der Waals surface area contributed by atoms with E-state index in [1.54, 1.807) is 4.90 Å². The van der Waals surface area contributed by atoms with Gasteiger partial charge in [-0.25, -0.2) is 4.68 Å². The molecule has 0 radical (unpaired) electrons. The number of carbonyl (C=O) groups excluding carboxylic acids is 1. The lowest BCUT2D eigenvalue weighted by Crippen LogP contribution is -2.42. The molecule has 230 valence electrons. The summed E-state index contributed by atoms with van der Waals surface area (Å²) in [5.74, 6) is -0.219. The third-order valence-electron chi connectivity index (χ3n) is 8.91. The highest BCUT2D eigenvalue weighted by molar-refractivity contribution is 5.99. The predicted molar refractivity (Wildman–Crippen MR) is 167 cm³/mol. The predicted octanol–water partition coefficient (Wildman–Crippen LogP) is 8.11. The Balaban J connectivity index is 1.09. The van der Waals surface area contributed by atoms with E-state index in [1.165, 1.54) is 6.20 Å². The molecule has 1 aromatic heterocycles. The Morgan fingerprint density at radius 3 is 2.11 bits per heavy atom. The fraction of sp³-hybridized carbons (Fsp3) is 0.278. The molecule has 2 aliphatic heterocycles. The van der Waals surface area contributed by atoms with Crippen LogP contribution in [-0.2, 0) is 4.74 Å². The number of piperidine rings is 1. The van der Waals surface area contributed by atoms with Crippen molar-refractivity contribution >= 4 is 22.5 Å². The molecule has 0 aliphatic carbocycles. The number of hydrogen-bond donors (Lipinski definition) is 1. The molecule has 1 amide bonds. The molecule has 2 atom stereocenters. The third kappa shape index (κ3) is 5.92. The Labute approximate surface area is 259 Å². The number of rotatable bonds is 6. The van der Waals surface area contributed by atoms with Gasteiger partial charge < -0.3 is 15.0 Å². The van der Waals surface area contributed by atoms with Crippen LogP contribution < -0.4 is 5.32 Å². The number of halogens is 3. The zero-order valence-corrected chi connectivity index (χ0v) is 24.5. The topological polar surface area (TPSA) is 59.4 Å². The molecule has 5 aromatic rings. The van der Waals surface area contributed by atoms with E-state index in [2.05, 4.69) is 10.4 Å². The highest BCUT2D eigenvalue weighted by atomic mass is 19.4. The van der Waals surface area contributed by atoms with E-state index >= 15 is 0 Å². The van der Waals surface area contributed by atoms with Gasteiger partial charge in [-0.1, -0.05) is 97.1 Å². The van der Waals surface area contributed by atoms with Gasteiger partial charge in [0.15, 0.2) is 6.04 Å². The summed E-state index contributed by atoms with van der Waals surface area (Å²) in [6.45, 7) is 0.864. The normalized spacial score (nSPS) is 19.0. The third-order valence-corrected chi connectivity index (χ3v) is 8.91. The lowest BCUT2D eigenvalue weighted by Gasteiger charge is -2.36. The lowest BCUT2D eigenvalue weighted by molar-refractivity contribution is -0.173. The summed E-state index contributed by atoms with van der Waals surface area (Å²) in [5, 5.41) is 9.29. The number of ether oxygens (including phenoxy) is 1. The van der Waals surface area contributed by atoms with Crippen molar-refractivity contribution in [2.45, 2.75) is 49.7 Å². The second-order valence-corrected chi connectivity index (χ2v) is 11.8. The van der Waals surface area contributed by atoms with Crippen molar-refractivity contribution in [1.29, 1.82) is 0 Å². The van der Waals surface area contributed by atoms with Crippen molar-refractivity contribution in [3.05, 3.63) is 132 Å². The van der Waals surface area contributed by atoms with E-state index < -0.39 is 18.3 Å². The second kappa shape index (κ2) is 12.0. The molecule has 1 saturated heterocycles. The molecule has 3 heterocycles. The zero-order valence-electron chi connectivity index (χ0n) is 24.5. The Hall–Kier alpha value is -4.63. The van der Waals surface area contributed by atoms with E-state index in [0.29, 0.717) is 25.9 Å². The summed E-state index contributed by atoms with van der Waals surface area (Å²) in [6, 6.07) is 31.0. The Morgan fingerprint density at radius 1 is 0.844 bits per heavy atom. The summed E-state index contributed by atoms with van der Waals surface area (Å²) in [4.78, 5) is 15.5. The Bertz CT molecular complexity index is 1740.